The van der Waals surface area contributed by atoms with Crippen molar-refractivity contribution in [3.05, 3.63) is 58.1 Å². The van der Waals surface area contributed by atoms with Crippen LogP contribution < -0.4 is 25.4 Å². The number of halogens is 10. The second-order valence-corrected chi connectivity index (χ2v) is 15.7. The normalized spacial score (nSPS) is 21.9. The zero-order chi connectivity index (χ0) is 46.0. The van der Waals surface area contributed by atoms with Crippen LogP contribution in [-0.2, 0) is 33.3 Å². The first-order chi connectivity index (χ1) is 29.8. The van der Waals surface area contributed by atoms with Crippen molar-refractivity contribution in [2.24, 2.45) is 0 Å². The quantitative estimate of drug-likeness (QED) is 0.118. The predicted octanol–water partition coefficient (Wildman–Crippen LogP) is 6.52. The van der Waals surface area contributed by atoms with E-state index in [9.17, 15) is 49.5 Å². The molecule has 2 aromatic carbocycles. The van der Waals surface area contributed by atoms with Crippen molar-refractivity contribution < 1.29 is 77.9 Å². The highest BCUT2D eigenvalue weighted by Gasteiger charge is 2.41. The summed E-state index contributed by atoms with van der Waals surface area (Å²) in [6, 6.07) is 8.31. The molecule has 0 unspecified atom stereocenters. The average Bonchev–Trinajstić information content (AvgIpc) is 3.19. The van der Waals surface area contributed by atoms with Crippen molar-refractivity contribution >= 4 is 41.3 Å². The van der Waals surface area contributed by atoms with Gasteiger partial charge in [-0.1, -0.05) is 23.2 Å². The molecule has 354 valence electrons. The van der Waals surface area contributed by atoms with E-state index in [1.54, 1.807) is 0 Å². The van der Waals surface area contributed by atoms with E-state index in [-0.39, 0.29) is 97.4 Å². The van der Waals surface area contributed by atoms with Crippen LogP contribution in [-0.4, -0.2) is 131 Å². The fraction of sp³-hybridized carbons (Fsp3) is 0.625. The van der Waals surface area contributed by atoms with Gasteiger partial charge in [-0.05, 0) is 63.0 Å². The number of aldehydes is 1. The molecule has 4 fully saturated rings. The van der Waals surface area contributed by atoms with Gasteiger partial charge in [-0.25, -0.2) is 8.78 Å². The molecule has 0 bridgehead atoms. The number of carbonyl (C=O) groups is 3. The van der Waals surface area contributed by atoms with Crippen LogP contribution in [0.2, 0.25) is 10.0 Å². The Hall–Kier alpha value is -3.57. The second kappa shape index (κ2) is 25.8. The highest BCUT2D eigenvalue weighted by Crippen LogP contribution is 2.33. The maximum Gasteiger partial charge on any atom is 0.522 e. The maximum absolute atomic E-state index is 13.4. The summed E-state index contributed by atoms with van der Waals surface area (Å²) >= 11 is 11.2. The minimum absolute atomic E-state index is 0.0127. The largest absolute Gasteiger partial charge is 0.522 e. The molecule has 2 saturated carbocycles. The summed E-state index contributed by atoms with van der Waals surface area (Å²) < 4.78 is 126. The predicted molar refractivity (Wildman–Crippen MR) is 211 cm³/mol. The highest BCUT2D eigenvalue weighted by atomic mass is 35.5. The van der Waals surface area contributed by atoms with E-state index >= 15 is 0 Å². The van der Waals surface area contributed by atoms with E-state index in [1.165, 1.54) is 30.3 Å². The van der Waals surface area contributed by atoms with Crippen LogP contribution >= 0.6 is 23.2 Å². The smallest absolute Gasteiger partial charge is 0.484 e. The summed E-state index contributed by atoms with van der Waals surface area (Å²) in [7, 11) is 0. The van der Waals surface area contributed by atoms with E-state index in [0.717, 1.165) is 57.9 Å². The Morgan fingerprint density at radius 2 is 1.14 bits per heavy atom. The number of ether oxygens (including phenoxy) is 6. The van der Waals surface area contributed by atoms with Crippen LogP contribution in [0.4, 0.5) is 35.1 Å². The third-order valence-electron chi connectivity index (χ3n) is 10.0. The second-order valence-electron chi connectivity index (χ2n) is 14.9. The fourth-order valence-electron chi connectivity index (χ4n) is 6.64. The van der Waals surface area contributed by atoms with Crippen molar-refractivity contribution in [3.8, 4) is 11.5 Å². The number of alkyl halides is 6. The fourth-order valence-corrected chi connectivity index (χ4v) is 6.87. The van der Waals surface area contributed by atoms with Crippen LogP contribution in [0.1, 0.15) is 51.4 Å². The molecule has 63 heavy (non-hydrogen) atoms. The molecule has 3 N–H and O–H groups in total. The van der Waals surface area contributed by atoms with E-state index in [1.807, 2.05) is 0 Å². The molecule has 6 rings (SSSR count). The molecule has 0 radical (unpaired) electrons. The van der Waals surface area contributed by atoms with Crippen LogP contribution in [0.3, 0.4) is 0 Å². The Bertz CT molecular complexity index is 1730. The minimum atomic E-state index is -4.59. The van der Waals surface area contributed by atoms with Crippen molar-refractivity contribution in [1.82, 2.24) is 20.9 Å². The first-order valence-electron chi connectivity index (χ1n) is 20.2. The standard InChI is InChI=1S/C20H25ClF4N2O4.C13H16ClFN2O2.C7H9F3O3/c21-17-2-1-14(11-18(17)22)30-12-19(28)26-13-3-5-27(6-4-13)7-8-29-15-9-16(10-15)31-20(23,24)25;14-11-2-1-10(7-12(11)15)19-8-13(18)17-9-3-5-16-6-4-9;8-7(9,10)13-6-3-5(4-6)12-2-1-11/h1-2,11,13,15-16H,3-10,12H2,(H,26,28);1-2,7,9,16H,3-6,8H2,(H,17,18);1,5-6H,2-4H2. The Labute approximate surface area is 368 Å². The topological polar surface area (TPSA) is 146 Å². The zero-order valence-corrected chi connectivity index (χ0v) is 35.4. The molecule has 2 aliphatic heterocycles. The first-order valence-corrected chi connectivity index (χ1v) is 20.9. The Balaban J connectivity index is 0.000000230. The van der Waals surface area contributed by atoms with E-state index in [2.05, 4.69) is 30.3 Å². The average molecular weight is 954 g/mol. The Kier molecular flexibility index (Phi) is 21.3. The summed E-state index contributed by atoms with van der Waals surface area (Å²) in [5, 5.41) is 9.04. The zero-order valence-electron chi connectivity index (χ0n) is 33.9. The van der Waals surface area contributed by atoms with Gasteiger partial charge in [0, 0.05) is 69.5 Å². The summed E-state index contributed by atoms with van der Waals surface area (Å²) in [6.07, 6.45) is -6.34. The lowest BCUT2D eigenvalue weighted by Gasteiger charge is -2.36. The van der Waals surface area contributed by atoms with Gasteiger partial charge in [0.1, 0.15) is 36.0 Å². The number of nitrogens with one attached hydrogen (secondary N) is 3. The Morgan fingerprint density at radius 1 is 0.698 bits per heavy atom. The van der Waals surface area contributed by atoms with Gasteiger partial charge in [0.05, 0.1) is 41.1 Å². The monoisotopic (exact) mass is 952 g/mol. The van der Waals surface area contributed by atoms with Crippen LogP contribution in [0.5, 0.6) is 11.5 Å². The van der Waals surface area contributed by atoms with Crippen molar-refractivity contribution in [2.75, 3.05) is 59.2 Å². The summed E-state index contributed by atoms with van der Waals surface area (Å²) in [6.45, 7) is 4.12. The van der Waals surface area contributed by atoms with E-state index < -0.39 is 36.6 Å². The highest BCUT2D eigenvalue weighted by molar-refractivity contribution is 6.31. The lowest BCUT2D eigenvalue weighted by atomic mass is 9.92. The molecule has 2 heterocycles. The molecule has 4 aliphatic rings. The van der Waals surface area contributed by atoms with E-state index in [4.69, 9.17) is 42.1 Å². The van der Waals surface area contributed by atoms with Crippen LogP contribution in [0.25, 0.3) is 0 Å². The molecular formula is C40H50Cl2F8N4O9. The summed E-state index contributed by atoms with van der Waals surface area (Å²) in [5.41, 5.74) is 0. The van der Waals surface area contributed by atoms with Gasteiger partial charge in [-0.3, -0.25) is 19.1 Å². The van der Waals surface area contributed by atoms with Gasteiger partial charge in [0.15, 0.2) is 13.2 Å². The van der Waals surface area contributed by atoms with Gasteiger partial charge in [0.2, 0.25) is 0 Å². The molecule has 2 aliphatic carbocycles. The van der Waals surface area contributed by atoms with Gasteiger partial charge in [-0.15, -0.1) is 26.3 Å². The number of piperidine rings is 2. The maximum atomic E-state index is 13.4. The number of hydrogen-bond acceptors (Lipinski definition) is 11. The van der Waals surface area contributed by atoms with E-state index in [0.29, 0.717) is 25.2 Å². The van der Waals surface area contributed by atoms with Gasteiger partial charge in [0.25, 0.3) is 11.8 Å². The summed E-state index contributed by atoms with van der Waals surface area (Å²) in [5.74, 6) is -1.11. The number of hydrogen-bond donors (Lipinski definition) is 3. The molecule has 0 spiro atoms. The van der Waals surface area contributed by atoms with Crippen LogP contribution in [0.15, 0.2) is 36.4 Å². The third kappa shape index (κ3) is 20.9. The van der Waals surface area contributed by atoms with Crippen molar-refractivity contribution in [1.29, 1.82) is 0 Å². The van der Waals surface area contributed by atoms with Gasteiger partial charge >= 0.3 is 12.7 Å². The Morgan fingerprint density at radius 3 is 1.57 bits per heavy atom. The molecule has 0 aromatic heterocycles. The SMILES string of the molecule is O=C(COc1ccc(Cl)c(F)c1)NC1CCN(CCOC2CC(OC(F)(F)F)C2)CC1.O=C(COc1ccc(Cl)c(F)c1)NC1CCNCC1.O=CCOC1CC(OC(F)(F)F)C1. The summed E-state index contributed by atoms with van der Waals surface area (Å²) in [4.78, 5) is 35.7. The third-order valence-corrected chi connectivity index (χ3v) is 10.7. The van der Waals surface area contributed by atoms with Crippen LogP contribution in [0, 0.1) is 11.6 Å². The van der Waals surface area contributed by atoms with Crippen molar-refractivity contribution in [3.63, 3.8) is 0 Å². The first kappa shape index (κ1) is 52.1. The lowest BCUT2D eigenvalue weighted by Crippen LogP contribution is -2.47. The molecule has 13 nitrogen and oxygen atoms in total. The molecule has 23 heteroatoms. The molecular weight excluding hydrogens is 903 g/mol. The number of nitrogens with zero attached hydrogens (tertiary/aromatic N) is 1. The molecule has 0 atom stereocenters. The molecule has 2 aromatic rings. The minimum Gasteiger partial charge on any atom is -0.484 e. The van der Waals surface area contributed by atoms with Gasteiger partial charge < -0.3 is 44.6 Å². The van der Waals surface area contributed by atoms with Gasteiger partial charge in [-0.2, -0.15) is 0 Å². The number of likely N-dealkylation sites (tertiary alicyclic amines) is 1. The van der Waals surface area contributed by atoms with Crippen molar-refractivity contribution in [2.45, 2.75) is 101 Å². The number of carbonyl (C=O) groups excluding carboxylic acids is 3. The number of amides is 2. The number of benzene rings is 2. The molecule has 2 saturated heterocycles. The number of rotatable bonds is 17. The molecule has 2 amide bonds. The lowest BCUT2D eigenvalue weighted by molar-refractivity contribution is -0.358.